The number of ether oxygens (including phenoxy) is 4. The second-order valence-electron chi connectivity index (χ2n) is 12.5. The van der Waals surface area contributed by atoms with Crippen LogP contribution in [-0.2, 0) is 10.8 Å². The van der Waals surface area contributed by atoms with Crippen LogP contribution >= 0.6 is 11.6 Å². The molecule has 228 valence electrons. The maximum Gasteiger partial charge on any atom is 0.252 e. The van der Waals surface area contributed by atoms with E-state index in [2.05, 4.69) is 87.7 Å². The molecule has 2 aromatic carbocycles. The van der Waals surface area contributed by atoms with Crippen molar-refractivity contribution < 1.29 is 23.5 Å². The molecule has 0 fully saturated rings. The van der Waals surface area contributed by atoms with Gasteiger partial charge < -0.3 is 23.8 Å². The summed E-state index contributed by atoms with van der Waals surface area (Å²) < 4.78 is 24.9. The monoisotopic (exact) mass is 603 g/mol. The predicted molar refractivity (Wildman–Crippen MR) is 176 cm³/mol. The molecule has 1 aliphatic carbocycles. The Morgan fingerprint density at radius 1 is 0.791 bits per heavy atom. The number of hydrogen-bond acceptors (Lipinski definition) is 5. The molecule has 3 aliphatic rings. The predicted octanol–water partition coefficient (Wildman–Crippen LogP) is 8.20. The van der Waals surface area contributed by atoms with Gasteiger partial charge in [0.05, 0.1) is 39.5 Å². The highest BCUT2D eigenvalue weighted by molar-refractivity contribution is 6.32. The van der Waals surface area contributed by atoms with E-state index in [1.807, 2.05) is 12.1 Å². The molecule has 0 unspecified atom stereocenters. The lowest BCUT2D eigenvalue weighted by molar-refractivity contribution is -0.402. The summed E-state index contributed by atoms with van der Waals surface area (Å²) in [6.45, 7) is 8.96. The third kappa shape index (κ3) is 5.04. The van der Waals surface area contributed by atoms with E-state index in [0.29, 0.717) is 0 Å². The van der Waals surface area contributed by atoms with Crippen LogP contribution in [0.3, 0.4) is 0 Å². The Hall–Kier alpha value is -3.64. The highest BCUT2D eigenvalue weighted by atomic mass is 35.5. The van der Waals surface area contributed by atoms with Crippen LogP contribution < -0.4 is 23.8 Å². The van der Waals surface area contributed by atoms with E-state index in [0.717, 1.165) is 69.8 Å². The molecule has 0 bridgehead atoms. The number of rotatable bonds is 7. The van der Waals surface area contributed by atoms with E-state index in [4.69, 9.17) is 30.5 Å². The molecule has 0 aromatic heterocycles. The van der Waals surface area contributed by atoms with E-state index < -0.39 is 0 Å². The summed E-state index contributed by atoms with van der Waals surface area (Å²) in [6.07, 6.45) is 11.8. The number of methoxy groups -OCH3 is 4. The fourth-order valence-corrected chi connectivity index (χ4v) is 7.23. The molecule has 2 aromatic rings. The molecule has 43 heavy (non-hydrogen) atoms. The van der Waals surface area contributed by atoms with Crippen molar-refractivity contribution in [1.29, 1.82) is 0 Å². The Bertz CT molecular complexity index is 1620. The lowest BCUT2D eigenvalue weighted by Gasteiger charge is -2.24. The summed E-state index contributed by atoms with van der Waals surface area (Å²) in [5, 5.41) is 0.838. The second-order valence-corrected chi connectivity index (χ2v) is 12.9. The molecule has 2 aliphatic heterocycles. The van der Waals surface area contributed by atoms with Gasteiger partial charge in [-0.15, -0.1) is 0 Å². The zero-order chi connectivity index (χ0) is 31.3. The Morgan fingerprint density at radius 3 is 2.05 bits per heavy atom. The van der Waals surface area contributed by atoms with E-state index >= 15 is 0 Å². The summed E-state index contributed by atoms with van der Waals surface area (Å²) in [7, 11) is 11.0. The molecular formula is C36H44ClN2O4+. The Labute approximate surface area is 261 Å². The van der Waals surface area contributed by atoms with Gasteiger partial charge in [-0.25, -0.2) is 0 Å². The number of hydrogen-bond donors (Lipinski definition) is 0. The molecule has 0 saturated carbocycles. The normalized spacial score (nSPS) is 20.8. The van der Waals surface area contributed by atoms with Crippen molar-refractivity contribution in [3.63, 3.8) is 0 Å². The Balaban J connectivity index is 1.49. The van der Waals surface area contributed by atoms with E-state index in [-0.39, 0.29) is 10.8 Å². The number of fused-ring (bicyclic) bond motifs is 2. The van der Waals surface area contributed by atoms with Crippen LogP contribution in [0.5, 0.6) is 23.0 Å². The summed E-state index contributed by atoms with van der Waals surface area (Å²) in [5.74, 6) is 3.20. The largest absolute Gasteiger partial charge is 0.497 e. The van der Waals surface area contributed by atoms with Gasteiger partial charge in [0, 0.05) is 47.0 Å². The Kier molecular flexibility index (Phi) is 8.21. The number of halogens is 1. The maximum atomic E-state index is 7.11. The summed E-state index contributed by atoms with van der Waals surface area (Å²) in [6, 6.07) is 8.11. The molecule has 0 radical (unpaired) electrons. The van der Waals surface area contributed by atoms with Crippen LogP contribution in [0.2, 0.25) is 0 Å². The highest BCUT2D eigenvalue weighted by Gasteiger charge is 2.45. The van der Waals surface area contributed by atoms with Gasteiger partial charge in [0.25, 0.3) is 5.69 Å². The molecule has 0 amide bonds. The highest BCUT2D eigenvalue weighted by Crippen LogP contribution is 2.53. The minimum atomic E-state index is -0.232. The molecule has 2 heterocycles. The van der Waals surface area contributed by atoms with Gasteiger partial charge in [-0.2, -0.15) is 4.58 Å². The molecule has 0 spiro atoms. The van der Waals surface area contributed by atoms with Crippen LogP contribution in [-0.4, -0.2) is 52.8 Å². The van der Waals surface area contributed by atoms with E-state index in [9.17, 15) is 0 Å². The van der Waals surface area contributed by atoms with Crippen LogP contribution in [0.25, 0.3) is 0 Å². The number of benzene rings is 2. The van der Waals surface area contributed by atoms with E-state index in [1.54, 1.807) is 28.4 Å². The minimum absolute atomic E-state index is 0.232. The first kappa shape index (κ1) is 30.8. The summed E-state index contributed by atoms with van der Waals surface area (Å²) in [5.41, 5.74) is 8.72. The number of likely N-dealkylation sites (N-methyl/N-ethyl adjacent to an activating group) is 1. The average Bonchev–Trinajstić information content (AvgIpc) is 3.31. The first-order chi connectivity index (χ1) is 20.4. The van der Waals surface area contributed by atoms with Crippen LogP contribution in [0, 0.1) is 0 Å². The third-order valence-corrected chi connectivity index (χ3v) is 9.86. The maximum absolute atomic E-state index is 7.11. The fraction of sp³-hybridized carbons (Fsp3) is 0.417. The first-order valence-electron chi connectivity index (χ1n) is 14.8. The van der Waals surface area contributed by atoms with Gasteiger partial charge >= 0.3 is 0 Å². The van der Waals surface area contributed by atoms with Crippen LogP contribution in [0.15, 0.2) is 70.4 Å². The lowest BCUT2D eigenvalue weighted by Crippen LogP contribution is -2.26. The topological polar surface area (TPSA) is 43.2 Å². The molecule has 0 atom stereocenters. The molecule has 5 rings (SSSR count). The zero-order valence-corrected chi connectivity index (χ0v) is 27.9. The van der Waals surface area contributed by atoms with Gasteiger partial charge in [-0.1, -0.05) is 37.6 Å². The van der Waals surface area contributed by atoms with Gasteiger partial charge in [0.2, 0.25) is 0 Å². The van der Waals surface area contributed by atoms with Crippen molar-refractivity contribution in [2.45, 2.75) is 57.8 Å². The number of allylic oxidation sites excluding steroid dienone is 8. The third-order valence-electron chi connectivity index (χ3n) is 9.37. The van der Waals surface area contributed by atoms with Crippen molar-refractivity contribution in [3.8, 4) is 23.0 Å². The average molecular weight is 604 g/mol. The van der Waals surface area contributed by atoms with Crippen molar-refractivity contribution in [2.75, 3.05) is 47.4 Å². The van der Waals surface area contributed by atoms with Crippen molar-refractivity contribution in [2.24, 2.45) is 0 Å². The molecule has 7 heteroatoms. The fourth-order valence-electron chi connectivity index (χ4n) is 6.92. The van der Waals surface area contributed by atoms with E-state index in [1.165, 1.54) is 22.5 Å². The van der Waals surface area contributed by atoms with Crippen molar-refractivity contribution >= 4 is 28.7 Å². The van der Waals surface area contributed by atoms with Gasteiger partial charge in [-0.05, 0) is 68.0 Å². The second kappa shape index (κ2) is 11.5. The van der Waals surface area contributed by atoms with Gasteiger partial charge in [0.15, 0.2) is 11.5 Å². The van der Waals surface area contributed by atoms with Crippen molar-refractivity contribution in [1.82, 2.24) is 0 Å². The van der Waals surface area contributed by atoms with Gasteiger partial charge in [0.1, 0.15) is 24.3 Å². The minimum Gasteiger partial charge on any atom is -0.497 e. The SMILES string of the molecule is COc1cc(OC)c2c(c1)C(C)(C)C(/C=C/C1=C(Cl)C(=C/C=C3\N(C)c4c(OC)cc(OC)cc4C3(C)C)/CCC1)=[N+]2C. The van der Waals surface area contributed by atoms with Crippen LogP contribution in [0.4, 0.5) is 11.4 Å². The first-order valence-corrected chi connectivity index (χ1v) is 15.1. The number of nitrogens with zero attached hydrogens (tertiary/aromatic N) is 2. The lowest BCUT2D eigenvalue weighted by atomic mass is 9.81. The summed E-state index contributed by atoms with van der Waals surface area (Å²) >= 11 is 7.11. The zero-order valence-electron chi connectivity index (χ0n) is 27.1. The van der Waals surface area contributed by atoms with Crippen LogP contribution in [0.1, 0.15) is 58.1 Å². The molecular weight excluding hydrogens is 560 g/mol. The molecule has 6 nitrogen and oxygen atoms in total. The van der Waals surface area contributed by atoms with Crippen molar-refractivity contribution in [3.05, 3.63) is 81.6 Å². The summed E-state index contributed by atoms with van der Waals surface area (Å²) in [4.78, 5) is 2.22. The Morgan fingerprint density at radius 2 is 1.42 bits per heavy atom. The molecule has 0 N–H and O–H groups in total. The standard InChI is InChI=1S/C36H44ClN2O4/c1-35(2)26-18-24(40-7)20-28(42-9)33(26)38(5)30(35)16-14-22-12-11-13-23(32(22)37)15-17-31-36(3,4)27-19-25(41-8)21-29(43-10)34(27)39(31)6/h14-21H,11-13H2,1-10H3/q+1. The number of anilines is 1. The smallest absolute Gasteiger partial charge is 0.252 e. The molecule has 0 saturated heterocycles. The quantitative estimate of drug-likeness (QED) is 0.298. The van der Waals surface area contributed by atoms with Gasteiger partial charge in [-0.3, -0.25) is 0 Å².